The van der Waals surface area contributed by atoms with Crippen molar-refractivity contribution in [2.75, 3.05) is 9.80 Å². The fourth-order valence-electron chi connectivity index (χ4n) is 13.3. The van der Waals surface area contributed by atoms with Gasteiger partial charge in [0.2, 0.25) is 0 Å². The van der Waals surface area contributed by atoms with Crippen molar-refractivity contribution >= 4 is 34.1 Å². The van der Waals surface area contributed by atoms with E-state index in [1.807, 2.05) is 0 Å². The average molecular weight is 1030 g/mol. The van der Waals surface area contributed by atoms with Gasteiger partial charge in [-0.3, -0.25) is 0 Å². The van der Waals surface area contributed by atoms with Crippen molar-refractivity contribution in [1.29, 1.82) is 0 Å². The van der Waals surface area contributed by atoms with Crippen molar-refractivity contribution in [3.8, 4) is 77.9 Å². The summed E-state index contributed by atoms with van der Waals surface area (Å²) in [6.07, 6.45) is 0. The molecule has 12 aromatic carbocycles. The first-order chi connectivity index (χ1) is 39.2. The fourth-order valence-corrected chi connectivity index (χ4v) is 13.3. The van der Waals surface area contributed by atoms with E-state index >= 15 is 0 Å². The van der Waals surface area contributed by atoms with E-state index in [1.165, 1.54) is 72.3 Å². The Bertz CT molecular complexity index is 4270. The van der Waals surface area contributed by atoms with Crippen molar-refractivity contribution in [2.45, 2.75) is 38.5 Å². The average Bonchev–Trinajstić information content (AvgIpc) is 4.02. The molecule has 0 aromatic heterocycles. The molecule has 2 heteroatoms. The summed E-state index contributed by atoms with van der Waals surface area (Å²) < 4.78 is 0. The van der Waals surface area contributed by atoms with Gasteiger partial charge < -0.3 is 9.80 Å². The van der Waals surface area contributed by atoms with Gasteiger partial charge in [0.25, 0.3) is 0 Å². The lowest BCUT2D eigenvalue weighted by Gasteiger charge is -2.35. The van der Waals surface area contributed by atoms with Crippen LogP contribution in [0.4, 0.5) is 34.1 Å². The van der Waals surface area contributed by atoms with E-state index in [4.69, 9.17) is 0 Å². The third-order valence-corrected chi connectivity index (χ3v) is 17.0. The Morgan fingerprint density at radius 1 is 0.225 bits per heavy atom. The minimum absolute atomic E-state index is 0.200. The van der Waals surface area contributed by atoms with Crippen molar-refractivity contribution in [3.63, 3.8) is 0 Å². The Balaban J connectivity index is 1.10. The van der Waals surface area contributed by atoms with Crippen molar-refractivity contribution in [1.82, 2.24) is 0 Å². The molecule has 382 valence electrons. The molecular formula is C78H60N2. The summed E-state index contributed by atoms with van der Waals surface area (Å²) in [6, 6.07) is 108. The first-order valence-electron chi connectivity index (χ1n) is 28.0. The molecule has 14 rings (SSSR count). The number of hydrogen-bond donors (Lipinski definition) is 0. The quantitative estimate of drug-likeness (QED) is 0.127. The second kappa shape index (κ2) is 19.6. The van der Waals surface area contributed by atoms with E-state index in [0.717, 1.165) is 61.9 Å². The molecule has 12 aromatic rings. The lowest BCUT2D eigenvalue weighted by atomic mass is 9.78. The third kappa shape index (κ3) is 8.18. The van der Waals surface area contributed by atoms with Crippen LogP contribution in [0, 0.1) is 0 Å². The van der Waals surface area contributed by atoms with Gasteiger partial charge in [0, 0.05) is 39.1 Å². The lowest BCUT2D eigenvalue weighted by Crippen LogP contribution is -2.19. The molecule has 0 atom stereocenters. The topological polar surface area (TPSA) is 6.48 Å². The van der Waals surface area contributed by atoms with Crippen LogP contribution in [0.2, 0.25) is 0 Å². The lowest BCUT2D eigenvalue weighted by molar-refractivity contribution is 0.662. The highest BCUT2D eigenvalue weighted by Crippen LogP contribution is 2.58. The largest absolute Gasteiger partial charge is 0.310 e. The number of anilines is 6. The molecule has 0 saturated carbocycles. The maximum Gasteiger partial charge on any atom is 0.0567 e. The Morgan fingerprint density at radius 2 is 0.562 bits per heavy atom. The van der Waals surface area contributed by atoms with Crippen LogP contribution >= 0.6 is 0 Å². The molecule has 0 spiro atoms. The van der Waals surface area contributed by atoms with Crippen molar-refractivity contribution in [3.05, 3.63) is 313 Å². The second-order valence-electron chi connectivity index (χ2n) is 22.4. The number of benzene rings is 12. The molecule has 2 aliphatic carbocycles. The highest BCUT2D eigenvalue weighted by atomic mass is 15.2. The molecule has 0 N–H and O–H groups in total. The zero-order chi connectivity index (χ0) is 54.0. The summed E-state index contributed by atoms with van der Waals surface area (Å²) >= 11 is 0. The van der Waals surface area contributed by atoms with Crippen LogP contribution in [0.1, 0.15) is 49.9 Å². The predicted molar refractivity (Wildman–Crippen MR) is 338 cm³/mol. The minimum atomic E-state index is -0.333. The monoisotopic (exact) mass is 1020 g/mol. The highest BCUT2D eigenvalue weighted by Gasteiger charge is 2.40. The summed E-state index contributed by atoms with van der Waals surface area (Å²) in [5.74, 6) is 0. The number of fused-ring (bicyclic) bond motifs is 6. The summed E-state index contributed by atoms with van der Waals surface area (Å²) in [4.78, 5) is 5.05. The van der Waals surface area contributed by atoms with Crippen LogP contribution in [-0.2, 0) is 10.8 Å². The summed E-state index contributed by atoms with van der Waals surface area (Å²) in [7, 11) is 0. The molecule has 0 heterocycles. The van der Waals surface area contributed by atoms with Crippen molar-refractivity contribution in [2.24, 2.45) is 0 Å². The molecule has 0 fully saturated rings. The van der Waals surface area contributed by atoms with E-state index in [0.29, 0.717) is 0 Å². The van der Waals surface area contributed by atoms with Gasteiger partial charge in [-0.05, 0) is 155 Å². The maximum atomic E-state index is 2.55. The van der Waals surface area contributed by atoms with E-state index < -0.39 is 0 Å². The van der Waals surface area contributed by atoms with Gasteiger partial charge in [0.15, 0.2) is 0 Å². The Morgan fingerprint density at radius 3 is 1.10 bits per heavy atom. The van der Waals surface area contributed by atoms with E-state index in [2.05, 4.69) is 329 Å². The summed E-state index contributed by atoms with van der Waals surface area (Å²) in [5.41, 5.74) is 28.1. The molecule has 2 aliphatic rings. The predicted octanol–water partition coefficient (Wildman–Crippen LogP) is 21.6. The Hall–Kier alpha value is -9.76. The number of hydrogen-bond acceptors (Lipinski definition) is 2. The SMILES string of the molecule is CC1(C)c2ccccc2-c2cccc(-c3cccc(N(c4ccc(-c5ccccc5)cc4)c4cc(-c5ccccc5)cc(N(c5ccccc5)c5cccc(-c6ccccc6)c5)c4-c4cccc5c4C(C)(C)c4ccccc4-5)c3)c21. The standard InChI is InChI=1S/C78H60N2/c1-77(2)70-43-19-17-37-65(70)67-40-23-39-64(75(67)77)58-32-22-36-63(50-58)80(61-47-45-56(46-48-61)53-25-9-5-10-26-53)73-52-59(55-29-13-7-14-30-55)51-72(74(73)69-42-24-41-68-66-38-18-20-44-71(66)78(3,4)76(68)69)79(60-33-15-8-16-34-60)62-35-21-31-57(49-62)54-27-11-6-12-28-54/h5-52H,1-4H3. The van der Waals surface area contributed by atoms with Gasteiger partial charge >= 0.3 is 0 Å². The van der Waals surface area contributed by atoms with Crippen LogP contribution in [0.3, 0.4) is 0 Å². The van der Waals surface area contributed by atoms with Crippen LogP contribution in [0.15, 0.2) is 291 Å². The third-order valence-electron chi connectivity index (χ3n) is 17.0. The van der Waals surface area contributed by atoms with Crippen molar-refractivity contribution < 1.29 is 0 Å². The summed E-state index contributed by atoms with van der Waals surface area (Å²) in [5, 5.41) is 0. The normalized spacial score (nSPS) is 13.2. The molecular weight excluding hydrogens is 965 g/mol. The van der Waals surface area contributed by atoms with Crippen LogP contribution in [0.5, 0.6) is 0 Å². The van der Waals surface area contributed by atoms with Gasteiger partial charge in [-0.2, -0.15) is 0 Å². The smallest absolute Gasteiger partial charge is 0.0567 e. The first-order valence-corrected chi connectivity index (χ1v) is 28.0. The molecule has 2 nitrogen and oxygen atoms in total. The molecule has 0 radical (unpaired) electrons. The van der Waals surface area contributed by atoms with Gasteiger partial charge in [0.1, 0.15) is 0 Å². The first kappa shape index (κ1) is 48.6. The van der Waals surface area contributed by atoms with Crippen LogP contribution < -0.4 is 9.80 Å². The second-order valence-corrected chi connectivity index (χ2v) is 22.4. The minimum Gasteiger partial charge on any atom is -0.310 e. The van der Waals surface area contributed by atoms with E-state index in [1.54, 1.807) is 0 Å². The van der Waals surface area contributed by atoms with Gasteiger partial charge in [-0.15, -0.1) is 0 Å². The zero-order valence-corrected chi connectivity index (χ0v) is 45.6. The molecule has 0 saturated heterocycles. The highest BCUT2D eigenvalue weighted by molar-refractivity contribution is 6.05. The van der Waals surface area contributed by atoms with Crippen LogP contribution in [0.25, 0.3) is 77.9 Å². The molecule has 0 amide bonds. The molecule has 0 bridgehead atoms. The van der Waals surface area contributed by atoms with Gasteiger partial charge in [-0.25, -0.2) is 0 Å². The number of nitrogens with zero attached hydrogens (tertiary/aromatic N) is 2. The zero-order valence-electron chi connectivity index (χ0n) is 45.6. The van der Waals surface area contributed by atoms with Crippen LogP contribution in [-0.4, -0.2) is 0 Å². The Labute approximate surface area is 471 Å². The summed E-state index contributed by atoms with van der Waals surface area (Å²) in [6.45, 7) is 9.61. The molecule has 0 aliphatic heterocycles. The van der Waals surface area contributed by atoms with Gasteiger partial charge in [0.05, 0.1) is 11.4 Å². The number of para-hydroxylation sites is 1. The van der Waals surface area contributed by atoms with E-state index in [-0.39, 0.29) is 10.8 Å². The van der Waals surface area contributed by atoms with Gasteiger partial charge in [-0.1, -0.05) is 258 Å². The fraction of sp³-hybridized carbons (Fsp3) is 0.0769. The molecule has 80 heavy (non-hydrogen) atoms. The Kier molecular flexibility index (Phi) is 11.9. The van der Waals surface area contributed by atoms with E-state index in [9.17, 15) is 0 Å². The maximum absolute atomic E-state index is 2.55. The number of rotatable bonds is 11. The molecule has 0 unspecified atom stereocenters.